The van der Waals surface area contributed by atoms with Crippen LogP contribution < -0.4 is 0 Å². The third-order valence-electron chi connectivity index (χ3n) is 2.26. The van der Waals surface area contributed by atoms with Crippen molar-refractivity contribution in [1.29, 1.82) is 0 Å². The molecule has 0 saturated carbocycles. The molecule has 0 radical (unpaired) electrons. The van der Waals surface area contributed by atoms with Crippen molar-refractivity contribution in [1.82, 2.24) is 14.0 Å². The van der Waals surface area contributed by atoms with Gasteiger partial charge >= 0.3 is 5.97 Å². The lowest BCUT2D eigenvalue weighted by Crippen LogP contribution is -2.14. The first-order valence-electron chi connectivity index (χ1n) is 4.51. The Labute approximate surface area is 89.8 Å². The number of esters is 1. The molecule has 1 unspecified atom stereocenters. The van der Waals surface area contributed by atoms with E-state index in [1.807, 2.05) is 0 Å². The van der Waals surface area contributed by atoms with Gasteiger partial charge in [0.15, 0.2) is 0 Å². The Hall–Kier alpha value is -0.910. The molecule has 0 amide bonds. The molecule has 1 heterocycles. The van der Waals surface area contributed by atoms with E-state index in [1.54, 1.807) is 6.92 Å². The van der Waals surface area contributed by atoms with Crippen molar-refractivity contribution in [3.8, 4) is 0 Å². The molecule has 0 aromatic carbocycles. The molecule has 0 N–H and O–H groups in total. The molecule has 0 fully saturated rings. The van der Waals surface area contributed by atoms with Crippen molar-refractivity contribution in [2.45, 2.75) is 25.7 Å². The topological polar surface area (TPSA) is 57.0 Å². The number of carbonyl (C=O) groups is 1. The van der Waals surface area contributed by atoms with E-state index in [4.69, 9.17) is 4.74 Å². The summed E-state index contributed by atoms with van der Waals surface area (Å²) in [4.78, 5) is 11.5. The summed E-state index contributed by atoms with van der Waals surface area (Å²) in [6, 6.07) is 0. The van der Waals surface area contributed by atoms with Gasteiger partial charge in [0.25, 0.3) is 0 Å². The lowest BCUT2D eigenvalue weighted by atomic mass is 10.1. The summed E-state index contributed by atoms with van der Waals surface area (Å²) in [5, 5.41) is 8.20. The minimum Gasteiger partial charge on any atom is -0.465 e. The highest BCUT2D eigenvalue weighted by Crippen LogP contribution is 2.31. The summed E-state index contributed by atoms with van der Waals surface area (Å²) < 4.78 is 6.28. The van der Waals surface area contributed by atoms with Crippen LogP contribution in [-0.2, 0) is 16.0 Å². The molecule has 2 rings (SSSR count). The first kappa shape index (κ1) is 9.64. The molecule has 1 aromatic rings. The first-order chi connectivity index (χ1) is 6.72. The minimum atomic E-state index is -0.226. The third kappa shape index (κ3) is 1.54. The summed E-state index contributed by atoms with van der Waals surface area (Å²) in [6.45, 7) is 2.21. The van der Waals surface area contributed by atoms with Gasteiger partial charge < -0.3 is 4.74 Å². The van der Waals surface area contributed by atoms with Crippen LogP contribution in [0, 0.1) is 0 Å². The SMILES string of the molecule is CCOC(=O)C1CCc2nn(Br)nc21. The predicted octanol–water partition coefficient (Wildman–Crippen LogP) is 1.03. The number of carbonyl (C=O) groups excluding carboxylic acids is 1. The zero-order valence-corrected chi connectivity index (χ0v) is 9.32. The highest BCUT2D eigenvalue weighted by atomic mass is 79.9. The molecule has 1 aliphatic rings. The largest absolute Gasteiger partial charge is 0.465 e. The van der Waals surface area contributed by atoms with Crippen LogP contribution >= 0.6 is 16.1 Å². The van der Waals surface area contributed by atoms with Gasteiger partial charge in [0.2, 0.25) is 0 Å². The Balaban J connectivity index is 2.20. The normalized spacial score (nSPS) is 19.4. The monoisotopic (exact) mass is 259 g/mol. The Morgan fingerprint density at radius 2 is 2.50 bits per heavy atom. The molecule has 0 aliphatic heterocycles. The average Bonchev–Trinajstić information content (AvgIpc) is 2.62. The Bertz CT molecular complexity index is 363. The van der Waals surface area contributed by atoms with Gasteiger partial charge in [0.1, 0.15) is 11.6 Å². The number of aryl methyl sites for hydroxylation is 1. The number of hydrogen-bond acceptors (Lipinski definition) is 4. The van der Waals surface area contributed by atoms with Crippen LogP contribution in [-0.4, -0.2) is 26.6 Å². The maximum atomic E-state index is 11.5. The maximum absolute atomic E-state index is 11.5. The second-order valence-electron chi connectivity index (χ2n) is 3.12. The van der Waals surface area contributed by atoms with Crippen molar-refractivity contribution in [3.05, 3.63) is 11.4 Å². The van der Waals surface area contributed by atoms with Gasteiger partial charge in [-0.25, -0.2) is 0 Å². The van der Waals surface area contributed by atoms with Crippen molar-refractivity contribution < 1.29 is 9.53 Å². The molecule has 5 nitrogen and oxygen atoms in total. The van der Waals surface area contributed by atoms with E-state index >= 15 is 0 Å². The molecule has 1 aliphatic carbocycles. The van der Waals surface area contributed by atoms with E-state index in [9.17, 15) is 4.79 Å². The molecule has 0 bridgehead atoms. The summed E-state index contributed by atoms with van der Waals surface area (Å²) >= 11 is 3.12. The van der Waals surface area contributed by atoms with E-state index in [-0.39, 0.29) is 11.9 Å². The van der Waals surface area contributed by atoms with Crippen LogP contribution in [0.5, 0.6) is 0 Å². The second-order valence-corrected chi connectivity index (χ2v) is 3.75. The maximum Gasteiger partial charge on any atom is 0.315 e. The molecular weight excluding hydrogens is 250 g/mol. The number of aromatic nitrogens is 3. The standard InChI is InChI=1S/C8H10BrN3O2/c1-2-14-8(13)5-3-4-6-7(5)11-12(9)10-6/h5H,2-4H2,1H3. The summed E-state index contributed by atoms with van der Waals surface area (Å²) in [6.07, 6.45) is 1.56. The highest BCUT2D eigenvalue weighted by Gasteiger charge is 2.34. The van der Waals surface area contributed by atoms with E-state index in [0.717, 1.165) is 24.2 Å². The van der Waals surface area contributed by atoms with Crippen molar-refractivity contribution >= 4 is 22.1 Å². The van der Waals surface area contributed by atoms with Crippen LogP contribution in [0.3, 0.4) is 0 Å². The molecule has 6 heteroatoms. The summed E-state index contributed by atoms with van der Waals surface area (Å²) in [5.41, 5.74) is 1.64. The Morgan fingerprint density at radius 3 is 3.21 bits per heavy atom. The number of rotatable bonds is 2. The van der Waals surface area contributed by atoms with Crippen molar-refractivity contribution in [3.63, 3.8) is 0 Å². The molecule has 14 heavy (non-hydrogen) atoms. The minimum absolute atomic E-state index is 0.195. The second kappa shape index (κ2) is 3.68. The quantitative estimate of drug-likeness (QED) is 0.745. The fourth-order valence-corrected chi connectivity index (χ4v) is 2.02. The number of nitrogens with zero attached hydrogens (tertiary/aromatic N) is 3. The molecule has 76 valence electrons. The molecule has 1 aromatic heterocycles. The van der Waals surface area contributed by atoms with Gasteiger partial charge in [-0.1, -0.05) is 0 Å². The zero-order valence-electron chi connectivity index (χ0n) is 7.73. The van der Waals surface area contributed by atoms with E-state index in [0.29, 0.717) is 6.61 Å². The lowest BCUT2D eigenvalue weighted by molar-refractivity contribution is -0.145. The molecule has 0 spiro atoms. The number of fused-ring (bicyclic) bond motifs is 1. The van der Waals surface area contributed by atoms with E-state index in [1.165, 1.54) is 3.82 Å². The average molecular weight is 260 g/mol. The van der Waals surface area contributed by atoms with Crippen LogP contribution in [0.25, 0.3) is 0 Å². The van der Waals surface area contributed by atoms with E-state index < -0.39 is 0 Å². The van der Waals surface area contributed by atoms with Crippen LogP contribution in [0.15, 0.2) is 0 Å². The Kier molecular flexibility index (Phi) is 2.54. The van der Waals surface area contributed by atoms with Crippen LogP contribution in [0.2, 0.25) is 0 Å². The van der Waals surface area contributed by atoms with Crippen LogP contribution in [0.4, 0.5) is 0 Å². The van der Waals surface area contributed by atoms with Crippen LogP contribution in [0.1, 0.15) is 30.7 Å². The third-order valence-corrected chi connectivity index (χ3v) is 2.58. The smallest absolute Gasteiger partial charge is 0.315 e. The van der Waals surface area contributed by atoms with Gasteiger partial charge in [0, 0.05) is 0 Å². The zero-order chi connectivity index (χ0) is 10.1. The summed E-state index contributed by atoms with van der Waals surface area (Å²) in [7, 11) is 0. The van der Waals surface area contributed by atoms with Crippen molar-refractivity contribution in [2.75, 3.05) is 6.61 Å². The van der Waals surface area contributed by atoms with Gasteiger partial charge in [-0.15, -0.1) is 14.0 Å². The van der Waals surface area contributed by atoms with Crippen molar-refractivity contribution in [2.24, 2.45) is 0 Å². The molecule has 0 saturated heterocycles. The fraction of sp³-hybridized carbons (Fsp3) is 0.625. The summed E-state index contributed by atoms with van der Waals surface area (Å²) in [5.74, 6) is -0.421. The Morgan fingerprint density at radius 1 is 1.71 bits per heavy atom. The number of hydrogen-bond donors (Lipinski definition) is 0. The van der Waals surface area contributed by atoms with Gasteiger partial charge in [-0.3, -0.25) is 4.79 Å². The number of ether oxygens (including phenoxy) is 1. The fourth-order valence-electron chi connectivity index (χ4n) is 1.66. The van der Waals surface area contributed by atoms with Gasteiger partial charge in [0.05, 0.1) is 28.4 Å². The number of halogens is 1. The predicted molar refractivity (Wildman–Crippen MR) is 52.0 cm³/mol. The molecular formula is C8H10BrN3O2. The van der Waals surface area contributed by atoms with Gasteiger partial charge in [-0.2, -0.15) is 0 Å². The van der Waals surface area contributed by atoms with E-state index in [2.05, 4.69) is 26.3 Å². The molecule has 1 atom stereocenters. The first-order valence-corrected chi connectivity index (χ1v) is 5.22. The lowest BCUT2D eigenvalue weighted by Gasteiger charge is -2.06. The van der Waals surface area contributed by atoms with Gasteiger partial charge in [-0.05, 0) is 19.8 Å². The highest BCUT2D eigenvalue weighted by molar-refractivity contribution is 9.08.